The Bertz CT molecular complexity index is 526. The van der Waals surface area contributed by atoms with Crippen LogP contribution < -0.4 is 10.7 Å². The molecular formula is C15H20BrN3O2. The molecule has 0 spiro atoms. The Morgan fingerprint density at radius 2 is 1.90 bits per heavy atom. The maximum absolute atomic E-state index is 11.8. The average molecular weight is 354 g/mol. The number of carbonyl (C=O) groups excluding carboxylic acids is 2. The third-order valence-electron chi connectivity index (χ3n) is 2.89. The van der Waals surface area contributed by atoms with Gasteiger partial charge in [-0.05, 0) is 44.5 Å². The SMILES string of the molecule is CC[C@H](C)NC(=O)C/C(C)=N\NC(=O)c1ccc(Br)cc1. The van der Waals surface area contributed by atoms with Crippen molar-refractivity contribution in [2.75, 3.05) is 0 Å². The standard InChI is InChI=1S/C15H20BrN3O2/c1-4-10(2)17-14(20)9-11(3)18-19-15(21)12-5-7-13(16)8-6-12/h5-8,10H,4,9H2,1-3H3,(H,17,20)(H,19,21)/b18-11-/t10-/m0/s1. The molecule has 0 bridgehead atoms. The zero-order valence-corrected chi connectivity index (χ0v) is 14.0. The molecule has 2 amide bonds. The highest BCUT2D eigenvalue weighted by Gasteiger charge is 2.08. The zero-order chi connectivity index (χ0) is 15.8. The second kappa shape index (κ2) is 8.56. The van der Waals surface area contributed by atoms with Gasteiger partial charge >= 0.3 is 0 Å². The van der Waals surface area contributed by atoms with Crippen molar-refractivity contribution < 1.29 is 9.59 Å². The summed E-state index contributed by atoms with van der Waals surface area (Å²) in [4.78, 5) is 23.5. The first-order chi connectivity index (χ1) is 9.92. The predicted octanol–water partition coefficient (Wildman–Crippen LogP) is 2.86. The smallest absolute Gasteiger partial charge is 0.271 e. The number of halogens is 1. The van der Waals surface area contributed by atoms with Gasteiger partial charge in [-0.2, -0.15) is 5.10 Å². The van der Waals surface area contributed by atoms with Gasteiger partial charge in [0.05, 0.1) is 6.42 Å². The van der Waals surface area contributed by atoms with Crippen molar-refractivity contribution in [3.05, 3.63) is 34.3 Å². The van der Waals surface area contributed by atoms with Crippen LogP contribution in [0.5, 0.6) is 0 Å². The molecule has 0 unspecified atom stereocenters. The van der Waals surface area contributed by atoms with Crippen molar-refractivity contribution >= 4 is 33.5 Å². The summed E-state index contributed by atoms with van der Waals surface area (Å²) in [5.74, 6) is -0.396. The molecule has 0 heterocycles. The fourth-order valence-electron chi connectivity index (χ4n) is 1.51. The van der Waals surface area contributed by atoms with Crippen LogP contribution in [0.3, 0.4) is 0 Å². The molecule has 0 fully saturated rings. The van der Waals surface area contributed by atoms with E-state index in [1.807, 2.05) is 13.8 Å². The summed E-state index contributed by atoms with van der Waals surface area (Å²) in [5.41, 5.74) is 3.51. The lowest BCUT2D eigenvalue weighted by Crippen LogP contribution is -2.33. The van der Waals surface area contributed by atoms with E-state index in [9.17, 15) is 9.59 Å². The van der Waals surface area contributed by atoms with Gasteiger partial charge in [0.1, 0.15) is 0 Å². The molecular weight excluding hydrogens is 334 g/mol. The predicted molar refractivity (Wildman–Crippen MR) is 87.2 cm³/mol. The number of nitrogens with one attached hydrogen (secondary N) is 2. The van der Waals surface area contributed by atoms with Gasteiger partial charge in [-0.1, -0.05) is 22.9 Å². The van der Waals surface area contributed by atoms with Gasteiger partial charge in [-0.25, -0.2) is 5.43 Å². The molecule has 1 aromatic carbocycles. The summed E-state index contributed by atoms with van der Waals surface area (Å²) in [6.07, 6.45) is 1.05. The summed E-state index contributed by atoms with van der Waals surface area (Å²) in [6.45, 7) is 5.65. The normalized spacial score (nSPS) is 12.7. The van der Waals surface area contributed by atoms with Gasteiger partial charge < -0.3 is 5.32 Å². The minimum Gasteiger partial charge on any atom is -0.353 e. The maximum Gasteiger partial charge on any atom is 0.271 e. The highest BCUT2D eigenvalue weighted by Crippen LogP contribution is 2.10. The van der Waals surface area contributed by atoms with Crippen LogP contribution in [0.25, 0.3) is 0 Å². The molecule has 0 aliphatic rings. The van der Waals surface area contributed by atoms with Crippen LogP contribution in [-0.4, -0.2) is 23.6 Å². The van der Waals surface area contributed by atoms with Crippen LogP contribution in [0.4, 0.5) is 0 Å². The molecule has 1 aromatic rings. The Kier molecular flexibility index (Phi) is 7.08. The fourth-order valence-corrected chi connectivity index (χ4v) is 1.78. The first-order valence-corrected chi connectivity index (χ1v) is 7.60. The second-order valence-electron chi connectivity index (χ2n) is 4.85. The van der Waals surface area contributed by atoms with Crippen molar-refractivity contribution in [3.8, 4) is 0 Å². The van der Waals surface area contributed by atoms with Gasteiger partial charge in [-0.15, -0.1) is 0 Å². The summed E-state index contributed by atoms with van der Waals surface area (Å²) < 4.78 is 0.903. The first kappa shape index (κ1) is 17.4. The Hall–Kier alpha value is -1.69. The van der Waals surface area contributed by atoms with E-state index in [0.29, 0.717) is 11.3 Å². The van der Waals surface area contributed by atoms with E-state index in [-0.39, 0.29) is 24.3 Å². The van der Waals surface area contributed by atoms with E-state index in [2.05, 4.69) is 31.8 Å². The summed E-state index contributed by atoms with van der Waals surface area (Å²) in [7, 11) is 0. The van der Waals surface area contributed by atoms with Crippen molar-refractivity contribution in [1.82, 2.24) is 10.7 Å². The Morgan fingerprint density at radius 3 is 2.48 bits per heavy atom. The van der Waals surface area contributed by atoms with Crippen molar-refractivity contribution in [2.45, 2.75) is 39.7 Å². The average Bonchev–Trinajstić information content (AvgIpc) is 2.45. The molecule has 0 saturated heterocycles. The molecule has 21 heavy (non-hydrogen) atoms. The molecule has 6 heteroatoms. The molecule has 2 N–H and O–H groups in total. The quantitative estimate of drug-likeness (QED) is 0.609. The Balaban J connectivity index is 2.49. The van der Waals surface area contributed by atoms with E-state index < -0.39 is 0 Å². The minimum absolute atomic E-state index is 0.0940. The van der Waals surface area contributed by atoms with Crippen LogP contribution in [0.1, 0.15) is 44.0 Å². The number of nitrogens with zero attached hydrogens (tertiary/aromatic N) is 1. The van der Waals surface area contributed by atoms with Gasteiger partial charge in [-0.3, -0.25) is 9.59 Å². The third-order valence-corrected chi connectivity index (χ3v) is 3.42. The Labute approximate surface area is 133 Å². The van der Waals surface area contributed by atoms with Crippen molar-refractivity contribution in [1.29, 1.82) is 0 Å². The van der Waals surface area contributed by atoms with Gasteiger partial charge in [0, 0.05) is 21.8 Å². The number of rotatable bonds is 6. The number of hydrazone groups is 1. The molecule has 1 rings (SSSR count). The molecule has 0 aliphatic carbocycles. The van der Waals surface area contributed by atoms with Crippen LogP contribution >= 0.6 is 15.9 Å². The number of hydrogen-bond acceptors (Lipinski definition) is 3. The van der Waals surface area contributed by atoms with Gasteiger partial charge in [0.25, 0.3) is 5.91 Å². The number of carbonyl (C=O) groups is 2. The molecule has 0 aromatic heterocycles. The lowest BCUT2D eigenvalue weighted by molar-refractivity contribution is -0.120. The molecule has 0 radical (unpaired) electrons. The van der Waals surface area contributed by atoms with Gasteiger partial charge in [0.2, 0.25) is 5.91 Å². The summed E-state index contributed by atoms with van der Waals surface area (Å²) in [5, 5.41) is 6.79. The maximum atomic E-state index is 11.8. The first-order valence-electron chi connectivity index (χ1n) is 6.80. The van der Waals surface area contributed by atoms with Crippen LogP contribution in [0.15, 0.2) is 33.8 Å². The third kappa shape index (κ3) is 6.53. The van der Waals surface area contributed by atoms with Crippen molar-refractivity contribution in [2.24, 2.45) is 5.10 Å². The minimum atomic E-state index is -0.302. The highest BCUT2D eigenvalue weighted by molar-refractivity contribution is 9.10. The number of hydrogen-bond donors (Lipinski definition) is 2. The highest BCUT2D eigenvalue weighted by atomic mass is 79.9. The second-order valence-corrected chi connectivity index (χ2v) is 5.76. The molecule has 5 nitrogen and oxygen atoms in total. The van der Waals surface area contributed by atoms with Crippen molar-refractivity contribution in [3.63, 3.8) is 0 Å². The van der Waals surface area contributed by atoms with Crippen LogP contribution in [0.2, 0.25) is 0 Å². The van der Waals surface area contributed by atoms with E-state index in [1.54, 1.807) is 31.2 Å². The van der Waals surface area contributed by atoms with Gasteiger partial charge in [0.15, 0.2) is 0 Å². The van der Waals surface area contributed by atoms with E-state index in [4.69, 9.17) is 0 Å². The number of benzene rings is 1. The summed E-state index contributed by atoms with van der Waals surface area (Å²) in [6, 6.07) is 7.10. The molecule has 1 atom stereocenters. The Morgan fingerprint density at radius 1 is 1.29 bits per heavy atom. The fraction of sp³-hybridized carbons (Fsp3) is 0.400. The monoisotopic (exact) mass is 353 g/mol. The zero-order valence-electron chi connectivity index (χ0n) is 12.4. The molecule has 114 valence electrons. The molecule has 0 aliphatic heterocycles. The van der Waals surface area contributed by atoms with E-state index >= 15 is 0 Å². The molecule has 0 saturated carbocycles. The lowest BCUT2D eigenvalue weighted by atomic mass is 10.2. The van der Waals surface area contributed by atoms with E-state index in [1.165, 1.54) is 0 Å². The summed E-state index contributed by atoms with van der Waals surface area (Å²) >= 11 is 3.31. The number of amides is 2. The van der Waals surface area contributed by atoms with Crippen LogP contribution in [-0.2, 0) is 4.79 Å². The largest absolute Gasteiger partial charge is 0.353 e. The van der Waals surface area contributed by atoms with Crippen LogP contribution in [0, 0.1) is 0 Å². The van der Waals surface area contributed by atoms with E-state index in [0.717, 1.165) is 10.9 Å². The lowest BCUT2D eigenvalue weighted by Gasteiger charge is -2.10. The topological polar surface area (TPSA) is 70.6 Å².